The summed E-state index contributed by atoms with van der Waals surface area (Å²) in [7, 11) is 0. The highest BCUT2D eigenvalue weighted by molar-refractivity contribution is 7.15. The van der Waals surface area contributed by atoms with Gasteiger partial charge in [-0.25, -0.2) is 9.78 Å². The highest BCUT2D eigenvalue weighted by Gasteiger charge is 2.33. The molecular weight excluding hydrogens is 207 g/mol. The normalized spacial score (nSPS) is 11.3. The van der Waals surface area contributed by atoms with Crippen molar-refractivity contribution in [2.45, 2.75) is 6.18 Å². The van der Waals surface area contributed by atoms with Crippen LogP contribution in [0.2, 0.25) is 0 Å². The van der Waals surface area contributed by atoms with E-state index in [4.69, 9.17) is 0 Å². The van der Waals surface area contributed by atoms with Crippen LogP contribution >= 0.6 is 11.3 Å². The summed E-state index contributed by atoms with van der Waals surface area (Å²) in [5, 5.41) is 1.78. The molecule has 3 N–H and O–H groups in total. The average molecular weight is 211 g/mol. The van der Waals surface area contributed by atoms with Gasteiger partial charge in [-0.2, -0.15) is 13.2 Å². The summed E-state index contributed by atoms with van der Waals surface area (Å²) in [4.78, 5) is 12.7. The number of hydrogen-bond acceptors (Lipinski definition) is 3. The summed E-state index contributed by atoms with van der Waals surface area (Å²) >= 11 is 0.320. The zero-order chi connectivity index (χ0) is 10.1. The van der Waals surface area contributed by atoms with Gasteiger partial charge in [0.15, 0.2) is 5.13 Å². The lowest BCUT2D eigenvalue weighted by Gasteiger charge is -1.99. The van der Waals surface area contributed by atoms with Crippen LogP contribution in [-0.4, -0.2) is 11.0 Å². The minimum atomic E-state index is -4.44. The molecule has 0 aromatic carbocycles. The summed E-state index contributed by atoms with van der Waals surface area (Å²) < 4.78 is 35.9. The first-order chi connectivity index (χ1) is 5.89. The Hall–Kier alpha value is -1.31. The Morgan fingerprint density at radius 3 is 2.62 bits per heavy atom. The number of thiazole rings is 1. The first-order valence-electron chi connectivity index (χ1n) is 2.99. The number of halogens is 3. The minimum Gasteiger partial charge on any atom is -0.351 e. The predicted octanol–water partition coefficient (Wildman–Crippen LogP) is 1.65. The van der Waals surface area contributed by atoms with Crippen LogP contribution in [0.3, 0.4) is 0 Å². The molecule has 2 amide bonds. The molecule has 13 heavy (non-hydrogen) atoms. The quantitative estimate of drug-likeness (QED) is 0.741. The molecule has 0 fully saturated rings. The molecule has 0 aliphatic rings. The van der Waals surface area contributed by atoms with E-state index in [0.717, 1.165) is 0 Å². The van der Waals surface area contributed by atoms with Gasteiger partial charge in [0.1, 0.15) is 4.88 Å². The molecule has 8 heteroatoms. The number of carbonyl (C=O) groups is 1. The van der Waals surface area contributed by atoms with E-state index in [1.165, 1.54) is 0 Å². The second kappa shape index (κ2) is 3.21. The number of urea groups is 1. The molecule has 0 aliphatic carbocycles. The molecule has 1 aromatic rings. The molecule has 1 heterocycles. The molecule has 1 rings (SSSR count). The van der Waals surface area contributed by atoms with E-state index in [-0.39, 0.29) is 5.13 Å². The molecule has 0 spiro atoms. The fourth-order valence-corrected chi connectivity index (χ4v) is 1.25. The number of nitrogens with one attached hydrogen (secondary N) is 1. The first-order valence-corrected chi connectivity index (χ1v) is 3.80. The van der Waals surface area contributed by atoms with Gasteiger partial charge in [-0.15, -0.1) is 0 Å². The Morgan fingerprint density at radius 2 is 2.23 bits per heavy atom. The lowest BCUT2D eigenvalue weighted by atomic mass is 10.5. The summed E-state index contributed by atoms with van der Waals surface area (Å²) in [5.74, 6) is 0. The van der Waals surface area contributed by atoms with Gasteiger partial charge in [-0.05, 0) is 0 Å². The monoisotopic (exact) mass is 211 g/mol. The maximum absolute atomic E-state index is 12.0. The number of carbonyl (C=O) groups excluding carboxylic acids is 1. The van der Waals surface area contributed by atoms with Crippen LogP contribution in [-0.2, 0) is 6.18 Å². The molecule has 72 valence electrons. The molecular formula is C5H4F3N3OS. The number of aromatic nitrogens is 1. The molecule has 1 aromatic heterocycles. The highest BCUT2D eigenvalue weighted by Crippen LogP contribution is 2.34. The largest absolute Gasteiger partial charge is 0.427 e. The van der Waals surface area contributed by atoms with Crippen molar-refractivity contribution in [3.63, 3.8) is 0 Å². The molecule has 0 bridgehead atoms. The number of primary amides is 1. The maximum Gasteiger partial charge on any atom is 0.427 e. The van der Waals surface area contributed by atoms with Gasteiger partial charge in [0.25, 0.3) is 0 Å². The summed E-state index contributed by atoms with van der Waals surface area (Å²) in [5.41, 5.74) is 4.68. The molecule has 0 saturated carbocycles. The van der Waals surface area contributed by atoms with Crippen LogP contribution in [0, 0.1) is 0 Å². The smallest absolute Gasteiger partial charge is 0.351 e. The second-order valence-electron chi connectivity index (χ2n) is 2.02. The van der Waals surface area contributed by atoms with E-state index in [0.29, 0.717) is 17.5 Å². The Balaban J connectivity index is 2.81. The van der Waals surface area contributed by atoms with Crippen molar-refractivity contribution < 1.29 is 18.0 Å². The van der Waals surface area contributed by atoms with Crippen molar-refractivity contribution in [3.8, 4) is 0 Å². The van der Waals surface area contributed by atoms with E-state index in [9.17, 15) is 18.0 Å². The van der Waals surface area contributed by atoms with Gasteiger partial charge >= 0.3 is 12.2 Å². The van der Waals surface area contributed by atoms with E-state index in [1.54, 1.807) is 0 Å². The first kappa shape index (κ1) is 9.78. The molecule has 0 unspecified atom stereocenters. The number of nitrogens with zero attached hydrogens (tertiary/aromatic N) is 1. The van der Waals surface area contributed by atoms with Crippen LogP contribution < -0.4 is 11.1 Å². The number of anilines is 1. The number of nitrogens with two attached hydrogens (primary N) is 1. The third-order valence-corrected chi connectivity index (χ3v) is 1.97. The van der Waals surface area contributed by atoms with E-state index in [1.807, 2.05) is 5.32 Å². The van der Waals surface area contributed by atoms with Gasteiger partial charge in [0.05, 0.1) is 6.20 Å². The average Bonchev–Trinajstić information content (AvgIpc) is 2.32. The lowest BCUT2D eigenvalue weighted by molar-refractivity contribution is -0.134. The Morgan fingerprint density at radius 1 is 1.62 bits per heavy atom. The molecule has 0 aliphatic heterocycles. The topological polar surface area (TPSA) is 68.0 Å². The summed E-state index contributed by atoms with van der Waals surface area (Å²) in [6, 6.07) is -0.942. The maximum atomic E-state index is 12.0. The van der Waals surface area contributed by atoms with Crippen molar-refractivity contribution in [3.05, 3.63) is 11.1 Å². The predicted molar refractivity (Wildman–Crippen MR) is 40.3 cm³/mol. The molecule has 4 nitrogen and oxygen atoms in total. The van der Waals surface area contributed by atoms with E-state index < -0.39 is 17.1 Å². The van der Waals surface area contributed by atoms with E-state index in [2.05, 4.69) is 10.7 Å². The highest BCUT2D eigenvalue weighted by atomic mass is 32.1. The van der Waals surface area contributed by atoms with Crippen LogP contribution in [0.1, 0.15) is 4.88 Å². The third kappa shape index (κ3) is 2.58. The van der Waals surface area contributed by atoms with Gasteiger partial charge in [-0.3, -0.25) is 5.32 Å². The number of amides is 2. The third-order valence-electron chi connectivity index (χ3n) is 1.02. The van der Waals surface area contributed by atoms with Crippen molar-refractivity contribution >= 4 is 22.5 Å². The van der Waals surface area contributed by atoms with Crippen molar-refractivity contribution in [1.82, 2.24) is 4.98 Å². The van der Waals surface area contributed by atoms with Crippen molar-refractivity contribution in [1.29, 1.82) is 0 Å². The van der Waals surface area contributed by atoms with Crippen LogP contribution in [0.4, 0.5) is 23.1 Å². The zero-order valence-corrected chi connectivity index (χ0v) is 6.87. The number of rotatable bonds is 1. The Kier molecular flexibility index (Phi) is 2.41. The fourth-order valence-electron chi connectivity index (χ4n) is 0.568. The Labute approximate surface area is 74.6 Å². The molecule has 0 saturated heterocycles. The van der Waals surface area contributed by atoms with Crippen LogP contribution in [0.25, 0.3) is 0 Å². The SMILES string of the molecule is NC(=O)Nc1ncc(C(F)(F)F)s1. The van der Waals surface area contributed by atoms with Crippen molar-refractivity contribution in [2.24, 2.45) is 5.73 Å². The van der Waals surface area contributed by atoms with E-state index >= 15 is 0 Å². The molecule has 0 radical (unpaired) electrons. The van der Waals surface area contributed by atoms with Crippen LogP contribution in [0.15, 0.2) is 6.20 Å². The second-order valence-corrected chi connectivity index (χ2v) is 3.05. The van der Waals surface area contributed by atoms with Crippen molar-refractivity contribution in [2.75, 3.05) is 5.32 Å². The lowest BCUT2D eigenvalue weighted by Crippen LogP contribution is -2.18. The number of alkyl halides is 3. The van der Waals surface area contributed by atoms with Gasteiger partial charge in [0, 0.05) is 0 Å². The van der Waals surface area contributed by atoms with Gasteiger partial charge in [0.2, 0.25) is 0 Å². The fraction of sp³-hybridized carbons (Fsp3) is 0.200. The zero-order valence-electron chi connectivity index (χ0n) is 6.05. The molecule has 0 atom stereocenters. The van der Waals surface area contributed by atoms with Gasteiger partial charge < -0.3 is 5.73 Å². The number of hydrogen-bond donors (Lipinski definition) is 2. The summed E-state index contributed by atoms with van der Waals surface area (Å²) in [6.45, 7) is 0. The Bertz CT molecular complexity index is 321. The minimum absolute atomic E-state index is 0.167. The van der Waals surface area contributed by atoms with Gasteiger partial charge in [-0.1, -0.05) is 11.3 Å². The van der Waals surface area contributed by atoms with Crippen LogP contribution in [0.5, 0.6) is 0 Å². The summed E-state index contributed by atoms with van der Waals surface area (Å²) in [6.07, 6.45) is -3.80. The standard InChI is InChI=1S/C5H4F3N3OS/c6-5(7,8)2-1-10-4(13-2)11-3(9)12/h1H,(H3,9,10,11,12).